The van der Waals surface area contributed by atoms with Gasteiger partial charge in [0.25, 0.3) is 10.0 Å². The number of nitrogen functional groups attached to an aromatic ring is 1. The van der Waals surface area contributed by atoms with Gasteiger partial charge < -0.3 is 5.73 Å². The molecule has 0 spiro atoms. The summed E-state index contributed by atoms with van der Waals surface area (Å²) in [6, 6.07) is 2.46. The van der Waals surface area contributed by atoms with E-state index >= 15 is 0 Å². The summed E-state index contributed by atoms with van der Waals surface area (Å²) in [5, 5.41) is 5.86. The van der Waals surface area contributed by atoms with Gasteiger partial charge in [0.05, 0.1) is 11.9 Å². The normalized spacial score (nSPS) is 11.4. The number of hydrogen-bond acceptors (Lipinski definition) is 4. The molecule has 0 atom stereocenters. The summed E-state index contributed by atoms with van der Waals surface area (Å²) in [6.45, 7) is 0. The second-order valence-electron chi connectivity index (χ2n) is 3.38. The van der Waals surface area contributed by atoms with Crippen LogP contribution in [0, 0.1) is 11.6 Å². The molecular weight excluding hydrogens is 266 g/mol. The predicted octanol–water partition coefficient (Wildman–Crippen LogP) is 1.07. The SMILES string of the molecule is Nc1cc(S(=O)(=O)Nc2ccn[nH]2)c(F)cc1F. The summed E-state index contributed by atoms with van der Waals surface area (Å²) in [5.74, 6) is -2.20. The van der Waals surface area contributed by atoms with E-state index in [2.05, 4.69) is 10.2 Å². The molecule has 4 N–H and O–H groups in total. The molecule has 2 aromatic rings. The van der Waals surface area contributed by atoms with Crippen molar-refractivity contribution in [2.75, 3.05) is 10.5 Å². The second kappa shape index (κ2) is 4.26. The molecule has 9 heteroatoms. The van der Waals surface area contributed by atoms with Crippen LogP contribution in [0.5, 0.6) is 0 Å². The van der Waals surface area contributed by atoms with E-state index in [0.717, 1.165) is 0 Å². The highest BCUT2D eigenvalue weighted by molar-refractivity contribution is 7.92. The average molecular weight is 274 g/mol. The standard InChI is InChI=1S/C9H8F2N4O2S/c10-5-3-6(11)8(4-7(5)12)18(16,17)15-9-1-2-13-14-9/h1-4H,12H2,(H2,13,14,15). The summed E-state index contributed by atoms with van der Waals surface area (Å²) in [5.41, 5.74) is 4.75. The van der Waals surface area contributed by atoms with Crippen LogP contribution in [-0.4, -0.2) is 18.6 Å². The Bertz CT molecular complexity index is 670. The van der Waals surface area contributed by atoms with Crippen molar-refractivity contribution in [2.24, 2.45) is 0 Å². The zero-order chi connectivity index (χ0) is 13.3. The molecule has 0 unspecified atom stereocenters. The molecule has 0 amide bonds. The van der Waals surface area contributed by atoms with E-state index in [1.165, 1.54) is 12.3 Å². The second-order valence-corrected chi connectivity index (χ2v) is 5.03. The first-order chi connectivity index (χ1) is 8.40. The van der Waals surface area contributed by atoms with Crippen molar-refractivity contribution in [3.05, 3.63) is 36.0 Å². The van der Waals surface area contributed by atoms with E-state index in [1.54, 1.807) is 0 Å². The number of rotatable bonds is 3. The lowest BCUT2D eigenvalue weighted by Gasteiger charge is -2.08. The van der Waals surface area contributed by atoms with Crippen LogP contribution in [-0.2, 0) is 10.0 Å². The third-order valence-corrected chi connectivity index (χ3v) is 3.47. The molecule has 1 aromatic carbocycles. The van der Waals surface area contributed by atoms with Crippen molar-refractivity contribution in [1.29, 1.82) is 0 Å². The maximum atomic E-state index is 13.4. The maximum Gasteiger partial charge on any atom is 0.266 e. The van der Waals surface area contributed by atoms with Crippen molar-refractivity contribution < 1.29 is 17.2 Å². The Hall–Kier alpha value is -2.16. The molecule has 0 bridgehead atoms. The summed E-state index contributed by atoms with van der Waals surface area (Å²) in [4.78, 5) is -0.740. The van der Waals surface area contributed by atoms with Gasteiger partial charge in [-0.3, -0.25) is 9.82 Å². The Kier molecular flexibility index (Phi) is 2.91. The minimum Gasteiger partial charge on any atom is -0.396 e. The van der Waals surface area contributed by atoms with E-state index in [4.69, 9.17) is 5.73 Å². The van der Waals surface area contributed by atoms with Gasteiger partial charge in [0, 0.05) is 12.1 Å². The fraction of sp³-hybridized carbons (Fsp3) is 0. The molecule has 0 radical (unpaired) electrons. The van der Waals surface area contributed by atoms with Crippen LogP contribution in [0.3, 0.4) is 0 Å². The van der Waals surface area contributed by atoms with Crippen LogP contribution >= 0.6 is 0 Å². The monoisotopic (exact) mass is 274 g/mol. The topological polar surface area (TPSA) is 101 Å². The highest BCUT2D eigenvalue weighted by Crippen LogP contribution is 2.22. The highest BCUT2D eigenvalue weighted by atomic mass is 32.2. The number of H-pyrrole nitrogens is 1. The first-order valence-corrected chi connectivity index (χ1v) is 6.15. The number of aromatic nitrogens is 2. The Morgan fingerprint density at radius 3 is 2.61 bits per heavy atom. The van der Waals surface area contributed by atoms with Crippen LogP contribution in [0.1, 0.15) is 0 Å². The van der Waals surface area contributed by atoms with Crippen LogP contribution in [0.4, 0.5) is 20.3 Å². The van der Waals surface area contributed by atoms with E-state index in [1.807, 2.05) is 4.72 Å². The first kappa shape index (κ1) is 12.3. The van der Waals surface area contributed by atoms with Gasteiger partial charge in [-0.25, -0.2) is 17.2 Å². The molecule has 0 aliphatic carbocycles. The van der Waals surface area contributed by atoms with Gasteiger partial charge in [0.2, 0.25) is 0 Å². The van der Waals surface area contributed by atoms with E-state index in [0.29, 0.717) is 12.1 Å². The lowest BCUT2D eigenvalue weighted by atomic mass is 10.3. The number of nitrogens with two attached hydrogens (primary N) is 1. The van der Waals surface area contributed by atoms with Crippen LogP contribution in [0.2, 0.25) is 0 Å². The Balaban J connectivity index is 2.44. The summed E-state index contributed by atoms with van der Waals surface area (Å²) in [7, 11) is -4.20. The number of nitrogens with one attached hydrogen (secondary N) is 2. The predicted molar refractivity (Wildman–Crippen MR) is 60.2 cm³/mol. The molecule has 2 rings (SSSR count). The maximum absolute atomic E-state index is 13.4. The van der Waals surface area contributed by atoms with E-state index in [-0.39, 0.29) is 5.82 Å². The third-order valence-electron chi connectivity index (χ3n) is 2.09. The van der Waals surface area contributed by atoms with Gasteiger partial charge in [0.1, 0.15) is 22.3 Å². The molecule has 0 fully saturated rings. The number of nitrogens with zero attached hydrogens (tertiary/aromatic N) is 1. The summed E-state index contributed by atoms with van der Waals surface area (Å²) in [6.07, 6.45) is 1.31. The molecule has 1 aromatic heterocycles. The largest absolute Gasteiger partial charge is 0.396 e. The molecule has 0 saturated carbocycles. The Morgan fingerprint density at radius 1 is 1.28 bits per heavy atom. The zero-order valence-corrected chi connectivity index (χ0v) is 9.63. The third kappa shape index (κ3) is 2.25. The van der Waals surface area contributed by atoms with Crippen molar-refractivity contribution in [3.63, 3.8) is 0 Å². The quantitative estimate of drug-likeness (QED) is 0.729. The highest BCUT2D eigenvalue weighted by Gasteiger charge is 2.21. The van der Waals surface area contributed by atoms with Gasteiger partial charge in [-0.15, -0.1) is 0 Å². The number of aromatic amines is 1. The van der Waals surface area contributed by atoms with Gasteiger partial charge in [-0.2, -0.15) is 5.10 Å². The molecule has 0 aliphatic rings. The van der Waals surface area contributed by atoms with Gasteiger partial charge in [-0.1, -0.05) is 0 Å². The fourth-order valence-corrected chi connectivity index (χ4v) is 2.37. The number of sulfonamides is 1. The van der Waals surface area contributed by atoms with Crippen LogP contribution in [0.15, 0.2) is 29.3 Å². The smallest absolute Gasteiger partial charge is 0.266 e. The van der Waals surface area contributed by atoms with Gasteiger partial charge in [0.15, 0.2) is 0 Å². The molecule has 1 heterocycles. The first-order valence-electron chi connectivity index (χ1n) is 4.67. The Labute approximate surface area is 101 Å². The number of benzene rings is 1. The van der Waals surface area contributed by atoms with Gasteiger partial charge in [-0.05, 0) is 6.07 Å². The fourth-order valence-electron chi connectivity index (χ4n) is 1.26. The van der Waals surface area contributed by atoms with Crippen molar-refractivity contribution >= 4 is 21.5 Å². The van der Waals surface area contributed by atoms with Gasteiger partial charge >= 0.3 is 0 Å². The average Bonchev–Trinajstić information content (AvgIpc) is 2.75. The van der Waals surface area contributed by atoms with Crippen LogP contribution in [0.25, 0.3) is 0 Å². The number of anilines is 2. The van der Waals surface area contributed by atoms with Crippen LogP contribution < -0.4 is 10.5 Å². The van der Waals surface area contributed by atoms with Crippen molar-refractivity contribution in [1.82, 2.24) is 10.2 Å². The minimum absolute atomic E-state index is 0.0531. The summed E-state index contributed by atoms with van der Waals surface area (Å²) >= 11 is 0. The Morgan fingerprint density at radius 2 is 2.00 bits per heavy atom. The zero-order valence-electron chi connectivity index (χ0n) is 8.81. The lowest BCUT2D eigenvalue weighted by molar-refractivity contribution is 0.553. The van der Waals surface area contributed by atoms with E-state index in [9.17, 15) is 17.2 Å². The van der Waals surface area contributed by atoms with Crippen molar-refractivity contribution in [2.45, 2.75) is 4.90 Å². The molecule has 96 valence electrons. The van der Waals surface area contributed by atoms with Crippen molar-refractivity contribution in [3.8, 4) is 0 Å². The number of halogens is 2. The lowest BCUT2D eigenvalue weighted by Crippen LogP contribution is -2.15. The molecule has 6 nitrogen and oxygen atoms in total. The molecule has 18 heavy (non-hydrogen) atoms. The molecule has 0 saturated heterocycles. The number of hydrogen-bond donors (Lipinski definition) is 3. The van der Waals surface area contributed by atoms with E-state index < -0.39 is 32.2 Å². The molecular formula is C9H8F2N4O2S. The molecule has 0 aliphatic heterocycles. The summed E-state index contributed by atoms with van der Waals surface area (Å²) < 4.78 is 52.0. The minimum atomic E-state index is -4.20.